The van der Waals surface area contributed by atoms with Gasteiger partial charge in [0, 0.05) is 0 Å². The molecule has 1 nitrogen and oxygen atoms in total. The molecule has 6 heteroatoms. The summed E-state index contributed by atoms with van der Waals surface area (Å²) >= 11 is 1.19. The van der Waals surface area contributed by atoms with E-state index in [1.165, 1.54) is 43.4 Å². The van der Waals surface area contributed by atoms with Gasteiger partial charge in [-0.05, 0) is 43.4 Å². The molecule has 0 amide bonds. The largest absolute Gasteiger partial charge is 0.482 e. The van der Waals surface area contributed by atoms with Crippen molar-refractivity contribution >= 4 is 22.6 Å². The average molecular weight is 348 g/mol. The first-order chi connectivity index (χ1) is 7.15. The molecule has 0 heterocycles. The molecule has 0 saturated heterocycles. The van der Waals surface area contributed by atoms with E-state index in [1.54, 1.807) is 0 Å². The zero-order valence-corrected chi connectivity index (χ0v) is 11.0. The average Bonchev–Trinajstić information content (AvgIpc) is 2.17. The van der Waals surface area contributed by atoms with E-state index in [-0.39, 0.29) is 0 Å². The summed E-state index contributed by atoms with van der Waals surface area (Å²) in [5.41, 5.74) is -0.951. The van der Waals surface area contributed by atoms with Gasteiger partial charge in [0.1, 0.15) is 5.60 Å². The van der Waals surface area contributed by atoms with Gasteiger partial charge in [-0.25, -0.2) is 8.78 Å². The maximum atomic E-state index is 13.3. The Balaban J connectivity index is 3.40. The van der Waals surface area contributed by atoms with Crippen molar-refractivity contribution in [3.05, 3.63) is 26.8 Å². The van der Waals surface area contributed by atoms with E-state index < -0.39 is 38.2 Å². The summed E-state index contributed by atoms with van der Waals surface area (Å²) in [4.78, 5) is 0. The Morgan fingerprint density at radius 2 is 1.25 bits per heavy atom. The predicted molar refractivity (Wildman–Crippen MR) is 59.4 cm³/mol. The number of rotatable bonds is 1. The second kappa shape index (κ2) is 4.38. The van der Waals surface area contributed by atoms with Gasteiger partial charge in [-0.2, -0.15) is 8.78 Å². The van der Waals surface area contributed by atoms with Crippen LogP contribution in [0.1, 0.15) is 20.8 Å². The molecule has 1 aromatic carbocycles. The SMILES string of the molecule is CC(C)(C)Oc1c(F)c(F)c(I)c(F)c1F. The lowest BCUT2D eigenvalue weighted by Gasteiger charge is -2.22. The summed E-state index contributed by atoms with van der Waals surface area (Å²) < 4.78 is 57.0. The highest BCUT2D eigenvalue weighted by molar-refractivity contribution is 14.1. The molecular weight excluding hydrogens is 339 g/mol. The molecule has 0 unspecified atom stereocenters. The van der Waals surface area contributed by atoms with Gasteiger partial charge >= 0.3 is 0 Å². The number of hydrogen-bond acceptors (Lipinski definition) is 1. The van der Waals surface area contributed by atoms with Crippen molar-refractivity contribution < 1.29 is 22.3 Å². The Bertz CT molecular complexity index is 397. The lowest BCUT2D eigenvalue weighted by molar-refractivity contribution is 0.114. The van der Waals surface area contributed by atoms with Gasteiger partial charge in [-0.15, -0.1) is 0 Å². The lowest BCUT2D eigenvalue weighted by atomic mass is 10.2. The summed E-state index contributed by atoms with van der Waals surface area (Å²) in [7, 11) is 0. The Hall–Kier alpha value is -0.530. The Kier molecular flexibility index (Phi) is 3.71. The van der Waals surface area contributed by atoms with Gasteiger partial charge in [0.25, 0.3) is 0 Å². The van der Waals surface area contributed by atoms with Gasteiger partial charge in [-0.1, -0.05) is 0 Å². The normalized spacial score (nSPS) is 11.8. The van der Waals surface area contributed by atoms with Crippen LogP contribution in [0.4, 0.5) is 17.6 Å². The Labute approximate surface area is 104 Å². The first-order valence-corrected chi connectivity index (χ1v) is 5.43. The summed E-state index contributed by atoms with van der Waals surface area (Å²) in [6.45, 7) is 4.54. The molecule has 16 heavy (non-hydrogen) atoms. The molecule has 0 aliphatic carbocycles. The zero-order chi connectivity index (χ0) is 12.7. The predicted octanol–water partition coefficient (Wildman–Crippen LogP) is 4.02. The highest BCUT2D eigenvalue weighted by Crippen LogP contribution is 2.32. The van der Waals surface area contributed by atoms with Gasteiger partial charge in [0.05, 0.1) is 3.57 Å². The van der Waals surface area contributed by atoms with Crippen LogP contribution in [-0.2, 0) is 0 Å². The molecular formula is C10H9F4IO. The van der Waals surface area contributed by atoms with Crippen LogP contribution in [0.5, 0.6) is 5.75 Å². The molecule has 0 fully saturated rings. The Morgan fingerprint density at radius 3 is 1.56 bits per heavy atom. The van der Waals surface area contributed by atoms with Crippen LogP contribution >= 0.6 is 22.6 Å². The molecule has 0 aromatic heterocycles. The highest BCUT2D eigenvalue weighted by atomic mass is 127. The van der Waals surface area contributed by atoms with E-state index in [2.05, 4.69) is 0 Å². The van der Waals surface area contributed by atoms with Crippen LogP contribution in [0.25, 0.3) is 0 Å². The van der Waals surface area contributed by atoms with Crippen LogP contribution in [-0.4, -0.2) is 5.60 Å². The molecule has 90 valence electrons. The topological polar surface area (TPSA) is 9.23 Å². The summed E-state index contributed by atoms with van der Waals surface area (Å²) in [5.74, 6) is -6.95. The van der Waals surface area contributed by atoms with Crippen LogP contribution in [0.15, 0.2) is 0 Å². The van der Waals surface area contributed by atoms with Crippen LogP contribution in [0.2, 0.25) is 0 Å². The van der Waals surface area contributed by atoms with Gasteiger partial charge in [0.15, 0.2) is 17.4 Å². The Morgan fingerprint density at radius 1 is 0.875 bits per heavy atom. The molecule has 0 aliphatic rings. The molecule has 0 bridgehead atoms. The second-order valence-corrected chi connectivity index (χ2v) is 5.19. The van der Waals surface area contributed by atoms with Crippen LogP contribution in [0, 0.1) is 26.8 Å². The molecule has 1 aromatic rings. The minimum Gasteiger partial charge on any atom is -0.482 e. The number of hydrogen-bond donors (Lipinski definition) is 0. The van der Waals surface area contributed by atoms with Crippen molar-refractivity contribution in [2.45, 2.75) is 26.4 Å². The molecule has 0 saturated carbocycles. The minimum atomic E-state index is -1.52. The zero-order valence-electron chi connectivity index (χ0n) is 8.80. The van der Waals surface area contributed by atoms with E-state index in [9.17, 15) is 17.6 Å². The third kappa shape index (κ3) is 2.58. The third-order valence-corrected chi connectivity index (χ3v) is 2.52. The van der Waals surface area contributed by atoms with E-state index in [0.29, 0.717) is 0 Å². The van der Waals surface area contributed by atoms with Crippen LogP contribution < -0.4 is 4.74 Å². The molecule has 0 atom stereocenters. The van der Waals surface area contributed by atoms with E-state index >= 15 is 0 Å². The first kappa shape index (κ1) is 13.5. The summed E-state index contributed by atoms with van der Waals surface area (Å²) in [6, 6.07) is 0. The smallest absolute Gasteiger partial charge is 0.205 e. The quantitative estimate of drug-likeness (QED) is 0.322. The van der Waals surface area contributed by atoms with E-state index in [1.807, 2.05) is 0 Å². The fourth-order valence-electron chi connectivity index (χ4n) is 0.981. The first-order valence-electron chi connectivity index (χ1n) is 4.35. The van der Waals surface area contributed by atoms with Crippen molar-refractivity contribution in [2.75, 3.05) is 0 Å². The number of benzene rings is 1. The number of ether oxygens (including phenoxy) is 1. The highest BCUT2D eigenvalue weighted by Gasteiger charge is 2.28. The number of halogens is 5. The van der Waals surface area contributed by atoms with Crippen molar-refractivity contribution in [1.29, 1.82) is 0 Å². The van der Waals surface area contributed by atoms with E-state index in [0.717, 1.165) is 0 Å². The van der Waals surface area contributed by atoms with Crippen molar-refractivity contribution in [3.63, 3.8) is 0 Å². The third-order valence-electron chi connectivity index (χ3n) is 1.58. The van der Waals surface area contributed by atoms with Gasteiger partial charge < -0.3 is 4.74 Å². The molecule has 1 rings (SSSR count). The molecule has 0 aliphatic heterocycles. The monoisotopic (exact) mass is 348 g/mol. The standard InChI is InChI=1S/C10H9F4IO/c1-10(2,3)16-9-6(13)4(11)8(15)5(12)7(9)14/h1-3H3. The van der Waals surface area contributed by atoms with Gasteiger partial charge in [0.2, 0.25) is 11.6 Å². The minimum absolute atomic E-state index is 0.728. The van der Waals surface area contributed by atoms with Crippen molar-refractivity contribution in [1.82, 2.24) is 0 Å². The van der Waals surface area contributed by atoms with Gasteiger partial charge in [-0.3, -0.25) is 0 Å². The fraction of sp³-hybridized carbons (Fsp3) is 0.400. The lowest BCUT2D eigenvalue weighted by Crippen LogP contribution is -2.25. The molecule has 0 radical (unpaired) electrons. The molecule has 0 N–H and O–H groups in total. The van der Waals surface area contributed by atoms with Crippen molar-refractivity contribution in [3.8, 4) is 5.75 Å². The summed E-state index contributed by atoms with van der Waals surface area (Å²) in [5, 5.41) is 0. The van der Waals surface area contributed by atoms with Crippen LogP contribution in [0.3, 0.4) is 0 Å². The second-order valence-electron chi connectivity index (χ2n) is 4.11. The van der Waals surface area contributed by atoms with Crippen molar-refractivity contribution in [2.24, 2.45) is 0 Å². The maximum absolute atomic E-state index is 13.3. The fourth-order valence-corrected chi connectivity index (χ4v) is 1.45. The summed E-state index contributed by atoms with van der Waals surface area (Å²) in [6.07, 6.45) is 0. The maximum Gasteiger partial charge on any atom is 0.205 e. The molecule has 0 spiro atoms. The van der Waals surface area contributed by atoms with E-state index in [4.69, 9.17) is 4.74 Å².